The summed E-state index contributed by atoms with van der Waals surface area (Å²) in [6, 6.07) is 14.4. The van der Waals surface area contributed by atoms with Crippen molar-refractivity contribution in [2.45, 2.75) is 20.4 Å². The van der Waals surface area contributed by atoms with Crippen molar-refractivity contribution in [2.75, 3.05) is 5.32 Å². The lowest BCUT2D eigenvalue weighted by Crippen LogP contribution is -1.99. The molecule has 0 fully saturated rings. The number of fused-ring (bicyclic) bond motifs is 1. The van der Waals surface area contributed by atoms with Gasteiger partial charge < -0.3 is 9.73 Å². The average Bonchev–Trinajstić information content (AvgIpc) is 2.85. The van der Waals surface area contributed by atoms with Gasteiger partial charge in [-0.2, -0.15) is 0 Å². The summed E-state index contributed by atoms with van der Waals surface area (Å²) in [5.74, 6) is 0.949. The molecule has 0 aliphatic rings. The number of halogens is 1. The monoisotopic (exact) mass is 329 g/mol. The van der Waals surface area contributed by atoms with Crippen molar-refractivity contribution >= 4 is 32.6 Å². The molecule has 0 amide bonds. The second-order valence-electron chi connectivity index (χ2n) is 5.03. The van der Waals surface area contributed by atoms with Gasteiger partial charge in [-0.3, -0.25) is 0 Å². The van der Waals surface area contributed by atoms with E-state index in [1.165, 1.54) is 15.6 Å². The Labute approximate surface area is 126 Å². The molecule has 20 heavy (non-hydrogen) atoms. The second-order valence-corrected chi connectivity index (χ2v) is 5.82. The van der Waals surface area contributed by atoms with Crippen LogP contribution in [0.5, 0.6) is 0 Å². The minimum absolute atomic E-state index is 0.690. The standard InChI is InChI=1S/C17H16BrNO/c1-11-7-14(8-12(2)17(11)18)19-10-15-9-13-5-3-4-6-16(13)20-15/h3-9,19H,10H2,1-2H3. The number of hydrogen-bond donors (Lipinski definition) is 1. The van der Waals surface area contributed by atoms with Crippen LogP contribution in [-0.4, -0.2) is 0 Å². The molecule has 0 atom stereocenters. The number of nitrogens with one attached hydrogen (secondary N) is 1. The first kappa shape index (κ1) is 13.3. The van der Waals surface area contributed by atoms with E-state index in [-0.39, 0.29) is 0 Å². The lowest BCUT2D eigenvalue weighted by atomic mass is 10.1. The van der Waals surface area contributed by atoms with E-state index in [1.807, 2.05) is 18.2 Å². The fourth-order valence-corrected chi connectivity index (χ4v) is 2.59. The summed E-state index contributed by atoms with van der Waals surface area (Å²) < 4.78 is 6.98. The molecule has 0 unspecified atom stereocenters. The van der Waals surface area contributed by atoms with Gasteiger partial charge in [-0.1, -0.05) is 34.1 Å². The number of hydrogen-bond acceptors (Lipinski definition) is 2. The van der Waals surface area contributed by atoms with Crippen molar-refractivity contribution in [2.24, 2.45) is 0 Å². The van der Waals surface area contributed by atoms with Gasteiger partial charge >= 0.3 is 0 Å². The number of furan rings is 1. The fraction of sp³-hybridized carbons (Fsp3) is 0.176. The largest absolute Gasteiger partial charge is 0.459 e. The first-order valence-corrected chi connectivity index (χ1v) is 7.41. The maximum atomic E-state index is 5.80. The van der Waals surface area contributed by atoms with Crippen LogP contribution in [0.1, 0.15) is 16.9 Å². The molecule has 0 aliphatic carbocycles. The van der Waals surface area contributed by atoms with Crippen molar-refractivity contribution in [3.8, 4) is 0 Å². The highest BCUT2D eigenvalue weighted by Crippen LogP contribution is 2.26. The highest BCUT2D eigenvalue weighted by Gasteiger charge is 2.05. The zero-order chi connectivity index (χ0) is 14.1. The zero-order valence-electron chi connectivity index (χ0n) is 11.5. The van der Waals surface area contributed by atoms with Crippen LogP contribution < -0.4 is 5.32 Å². The lowest BCUT2D eigenvalue weighted by Gasteiger charge is -2.09. The van der Waals surface area contributed by atoms with Crippen molar-refractivity contribution in [3.63, 3.8) is 0 Å². The Kier molecular flexibility index (Phi) is 3.53. The van der Waals surface area contributed by atoms with Gasteiger partial charge in [0.1, 0.15) is 11.3 Å². The van der Waals surface area contributed by atoms with E-state index in [1.54, 1.807) is 0 Å². The van der Waals surface area contributed by atoms with Crippen molar-refractivity contribution in [1.29, 1.82) is 0 Å². The molecular weight excluding hydrogens is 314 g/mol. The third-order valence-electron chi connectivity index (χ3n) is 3.38. The number of aryl methyl sites for hydroxylation is 2. The van der Waals surface area contributed by atoms with E-state index >= 15 is 0 Å². The molecule has 0 saturated carbocycles. The van der Waals surface area contributed by atoms with Crippen LogP contribution in [0.2, 0.25) is 0 Å². The average molecular weight is 330 g/mol. The predicted octanol–water partition coefficient (Wildman–Crippen LogP) is 5.42. The number of rotatable bonds is 3. The fourth-order valence-electron chi connectivity index (χ4n) is 2.36. The van der Waals surface area contributed by atoms with E-state index in [0.29, 0.717) is 6.54 Å². The minimum atomic E-state index is 0.690. The Bertz CT molecular complexity index is 705. The second kappa shape index (κ2) is 5.33. The third-order valence-corrected chi connectivity index (χ3v) is 4.63. The lowest BCUT2D eigenvalue weighted by molar-refractivity contribution is 0.559. The van der Waals surface area contributed by atoms with Crippen LogP contribution in [0.15, 0.2) is 51.4 Å². The summed E-state index contributed by atoms with van der Waals surface area (Å²) in [6.45, 7) is 4.89. The van der Waals surface area contributed by atoms with Crippen LogP contribution in [-0.2, 0) is 6.54 Å². The van der Waals surface area contributed by atoms with Gasteiger partial charge in [0.25, 0.3) is 0 Å². The van der Waals surface area contributed by atoms with Crippen LogP contribution >= 0.6 is 15.9 Å². The molecule has 0 spiro atoms. The molecule has 0 saturated heterocycles. The van der Waals surface area contributed by atoms with E-state index in [2.05, 4.69) is 59.4 Å². The van der Waals surface area contributed by atoms with Gasteiger partial charge in [-0.25, -0.2) is 0 Å². The molecule has 1 heterocycles. The normalized spacial score (nSPS) is 10.9. The molecule has 0 bridgehead atoms. The highest BCUT2D eigenvalue weighted by molar-refractivity contribution is 9.10. The maximum Gasteiger partial charge on any atom is 0.134 e. The maximum absolute atomic E-state index is 5.80. The Morgan fingerprint density at radius 1 is 1.05 bits per heavy atom. The number of benzene rings is 2. The Morgan fingerprint density at radius 3 is 2.45 bits per heavy atom. The summed E-state index contributed by atoms with van der Waals surface area (Å²) in [5, 5.41) is 4.56. The first-order valence-electron chi connectivity index (χ1n) is 6.61. The molecule has 1 N–H and O–H groups in total. The molecule has 3 rings (SSSR count). The van der Waals surface area contributed by atoms with Crippen LogP contribution in [0.4, 0.5) is 5.69 Å². The van der Waals surface area contributed by atoms with Gasteiger partial charge in [0.05, 0.1) is 6.54 Å². The molecule has 0 aliphatic heterocycles. The van der Waals surface area contributed by atoms with Crippen LogP contribution in [0, 0.1) is 13.8 Å². The van der Waals surface area contributed by atoms with Gasteiger partial charge in [-0.05, 0) is 49.2 Å². The van der Waals surface area contributed by atoms with Crippen LogP contribution in [0.3, 0.4) is 0 Å². The SMILES string of the molecule is Cc1cc(NCc2cc3ccccc3o2)cc(C)c1Br. The summed E-state index contributed by atoms with van der Waals surface area (Å²) in [5.41, 5.74) is 4.52. The molecule has 1 aromatic heterocycles. The van der Waals surface area contributed by atoms with Crippen molar-refractivity contribution in [3.05, 3.63) is 63.8 Å². The van der Waals surface area contributed by atoms with E-state index < -0.39 is 0 Å². The smallest absolute Gasteiger partial charge is 0.134 e. The van der Waals surface area contributed by atoms with E-state index in [4.69, 9.17) is 4.42 Å². The molecule has 0 radical (unpaired) electrons. The van der Waals surface area contributed by atoms with Crippen molar-refractivity contribution < 1.29 is 4.42 Å². The molecule has 102 valence electrons. The quantitative estimate of drug-likeness (QED) is 0.693. The summed E-state index contributed by atoms with van der Waals surface area (Å²) in [7, 11) is 0. The van der Waals surface area contributed by atoms with Crippen LogP contribution in [0.25, 0.3) is 11.0 Å². The van der Waals surface area contributed by atoms with Gasteiger partial charge in [0.2, 0.25) is 0 Å². The number of anilines is 1. The van der Waals surface area contributed by atoms with Gasteiger partial charge in [-0.15, -0.1) is 0 Å². The summed E-state index contributed by atoms with van der Waals surface area (Å²) in [4.78, 5) is 0. The topological polar surface area (TPSA) is 25.2 Å². The minimum Gasteiger partial charge on any atom is -0.459 e. The summed E-state index contributed by atoms with van der Waals surface area (Å²) >= 11 is 3.59. The van der Waals surface area contributed by atoms with E-state index in [9.17, 15) is 0 Å². The Morgan fingerprint density at radius 2 is 1.75 bits per heavy atom. The van der Waals surface area contributed by atoms with Gasteiger partial charge in [0.15, 0.2) is 0 Å². The third kappa shape index (κ3) is 2.59. The van der Waals surface area contributed by atoms with Crippen molar-refractivity contribution in [1.82, 2.24) is 0 Å². The zero-order valence-corrected chi connectivity index (χ0v) is 13.1. The first-order chi connectivity index (χ1) is 9.63. The predicted molar refractivity (Wildman–Crippen MR) is 87.2 cm³/mol. The van der Waals surface area contributed by atoms with E-state index in [0.717, 1.165) is 22.4 Å². The molecular formula is C17H16BrNO. The molecule has 3 aromatic rings. The highest BCUT2D eigenvalue weighted by atomic mass is 79.9. The molecule has 3 heteroatoms. The van der Waals surface area contributed by atoms with Gasteiger partial charge in [0, 0.05) is 15.5 Å². The Hall–Kier alpha value is -1.74. The number of para-hydroxylation sites is 1. The Balaban J connectivity index is 1.79. The molecule has 2 aromatic carbocycles. The molecule has 2 nitrogen and oxygen atoms in total. The summed E-state index contributed by atoms with van der Waals surface area (Å²) in [6.07, 6.45) is 0.